The molecule has 0 spiro atoms. The molecule has 0 fully saturated rings. The summed E-state index contributed by atoms with van der Waals surface area (Å²) in [6.07, 6.45) is 5.34. The lowest BCUT2D eigenvalue weighted by Crippen LogP contribution is -2.13. The summed E-state index contributed by atoms with van der Waals surface area (Å²) < 4.78 is 13.0. The van der Waals surface area contributed by atoms with Gasteiger partial charge in [-0.1, -0.05) is 18.2 Å². The molecule has 0 N–H and O–H groups in total. The second kappa shape index (κ2) is 6.06. The Hall–Kier alpha value is -1.81. The average Bonchev–Trinajstić information content (AvgIpc) is 2.89. The molecule has 4 nitrogen and oxygen atoms in total. The third-order valence-electron chi connectivity index (χ3n) is 2.40. The standard InChI is InChI=1S/C13H16N2O2/c1-12(15-8-7-14-11-15)16-9-10-17-13-5-3-2-4-6-13/h2-8,11-12H,9-10H2,1H3. The molecule has 0 radical (unpaired) electrons. The fourth-order valence-corrected chi connectivity index (χ4v) is 1.47. The van der Waals surface area contributed by atoms with Gasteiger partial charge in [0.1, 0.15) is 18.6 Å². The molecule has 1 aromatic carbocycles. The first kappa shape index (κ1) is 11.7. The maximum absolute atomic E-state index is 5.61. The number of benzene rings is 1. The Morgan fingerprint density at radius 1 is 1.24 bits per heavy atom. The molecule has 0 saturated carbocycles. The van der Waals surface area contributed by atoms with Crippen molar-refractivity contribution in [2.45, 2.75) is 13.2 Å². The van der Waals surface area contributed by atoms with Gasteiger partial charge in [0.15, 0.2) is 0 Å². The van der Waals surface area contributed by atoms with Gasteiger partial charge in [-0.05, 0) is 19.1 Å². The highest BCUT2D eigenvalue weighted by Gasteiger charge is 2.02. The minimum atomic E-state index is -0.0168. The van der Waals surface area contributed by atoms with E-state index in [9.17, 15) is 0 Å². The van der Waals surface area contributed by atoms with E-state index < -0.39 is 0 Å². The minimum Gasteiger partial charge on any atom is -0.491 e. The summed E-state index contributed by atoms with van der Waals surface area (Å²) in [5.41, 5.74) is 0. The van der Waals surface area contributed by atoms with Crippen molar-refractivity contribution >= 4 is 0 Å². The Bertz CT molecular complexity index is 414. The van der Waals surface area contributed by atoms with Gasteiger partial charge >= 0.3 is 0 Å². The van der Waals surface area contributed by atoms with E-state index in [2.05, 4.69) is 4.98 Å². The highest BCUT2D eigenvalue weighted by molar-refractivity contribution is 5.20. The normalized spacial score (nSPS) is 12.3. The Morgan fingerprint density at radius 3 is 2.76 bits per heavy atom. The van der Waals surface area contributed by atoms with Crippen LogP contribution in [0.4, 0.5) is 0 Å². The first-order valence-electron chi connectivity index (χ1n) is 5.63. The zero-order chi connectivity index (χ0) is 11.9. The summed E-state index contributed by atoms with van der Waals surface area (Å²) in [6, 6.07) is 9.72. The number of para-hydroxylation sites is 1. The smallest absolute Gasteiger partial charge is 0.132 e. The second-order valence-corrected chi connectivity index (χ2v) is 3.64. The molecule has 2 aromatic rings. The Balaban J connectivity index is 1.67. The summed E-state index contributed by atoms with van der Waals surface area (Å²) in [5.74, 6) is 0.867. The highest BCUT2D eigenvalue weighted by atomic mass is 16.5. The van der Waals surface area contributed by atoms with Gasteiger partial charge in [0, 0.05) is 12.4 Å². The molecular formula is C13H16N2O2. The van der Waals surface area contributed by atoms with E-state index in [1.165, 1.54) is 0 Å². The van der Waals surface area contributed by atoms with Crippen LogP contribution in [-0.4, -0.2) is 22.8 Å². The van der Waals surface area contributed by atoms with Crippen LogP contribution in [0.5, 0.6) is 5.75 Å². The Morgan fingerprint density at radius 2 is 2.06 bits per heavy atom. The molecule has 0 aliphatic rings. The first-order chi connectivity index (χ1) is 8.36. The van der Waals surface area contributed by atoms with Gasteiger partial charge in [-0.25, -0.2) is 4.98 Å². The molecule has 1 heterocycles. The molecule has 1 atom stereocenters. The van der Waals surface area contributed by atoms with E-state index in [0.29, 0.717) is 13.2 Å². The Kier molecular flexibility index (Phi) is 4.16. The van der Waals surface area contributed by atoms with Crippen molar-refractivity contribution in [1.29, 1.82) is 0 Å². The number of rotatable bonds is 6. The lowest BCUT2D eigenvalue weighted by atomic mass is 10.3. The van der Waals surface area contributed by atoms with Gasteiger partial charge in [-0.15, -0.1) is 0 Å². The van der Waals surface area contributed by atoms with Crippen molar-refractivity contribution < 1.29 is 9.47 Å². The van der Waals surface area contributed by atoms with E-state index >= 15 is 0 Å². The quantitative estimate of drug-likeness (QED) is 0.718. The topological polar surface area (TPSA) is 36.3 Å². The zero-order valence-electron chi connectivity index (χ0n) is 9.82. The van der Waals surface area contributed by atoms with Crippen LogP contribution in [0.25, 0.3) is 0 Å². The summed E-state index contributed by atoms with van der Waals surface area (Å²) in [7, 11) is 0. The lowest BCUT2D eigenvalue weighted by molar-refractivity contribution is 0.00109. The summed E-state index contributed by atoms with van der Waals surface area (Å²) in [5, 5.41) is 0. The van der Waals surface area contributed by atoms with Crippen molar-refractivity contribution in [3.63, 3.8) is 0 Å². The molecule has 0 aliphatic heterocycles. The number of nitrogens with zero attached hydrogens (tertiary/aromatic N) is 2. The lowest BCUT2D eigenvalue weighted by Gasteiger charge is -2.14. The number of imidazole rings is 1. The van der Waals surface area contributed by atoms with E-state index in [-0.39, 0.29) is 6.23 Å². The van der Waals surface area contributed by atoms with Gasteiger partial charge in [0.2, 0.25) is 0 Å². The third-order valence-corrected chi connectivity index (χ3v) is 2.40. The molecule has 90 valence electrons. The Labute approximate surface area is 101 Å². The number of hydrogen-bond acceptors (Lipinski definition) is 3. The molecule has 4 heteroatoms. The molecule has 1 aromatic heterocycles. The predicted octanol–water partition coefficient (Wildman–Crippen LogP) is 2.50. The molecular weight excluding hydrogens is 216 g/mol. The third kappa shape index (κ3) is 3.60. The van der Waals surface area contributed by atoms with Gasteiger partial charge in [-0.3, -0.25) is 0 Å². The average molecular weight is 232 g/mol. The van der Waals surface area contributed by atoms with Crippen LogP contribution in [0.1, 0.15) is 13.2 Å². The van der Waals surface area contributed by atoms with Crippen LogP contribution < -0.4 is 4.74 Å². The van der Waals surface area contributed by atoms with Crippen molar-refractivity contribution in [2.75, 3.05) is 13.2 Å². The molecule has 0 saturated heterocycles. The van der Waals surface area contributed by atoms with Gasteiger partial charge in [0.25, 0.3) is 0 Å². The molecule has 0 amide bonds. The first-order valence-corrected chi connectivity index (χ1v) is 5.63. The summed E-state index contributed by atoms with van der Waals surface area (Å²) in [6.45, 7) is 3.07. The van der Waals surface area contributed by atoms with E-state index in [1.54, 1.807) is 12.5 Å². The molecule has 0 aliphatic carbocycles. The summed E-state index contributed by atoms with van der Waals surface area (Å²) in [4.78, 5) is 3.97. The largest absolute Gasteiger partial charge is 0.491 e. The van der Waals surface area contributed by atoms with Gasteiger partial charge in [0.05, 0.1) is 12.9 Å². The SMILES string of the molecule is CC(OCCOc1ccccc1)n1ccnc1. The number of hydrogen-bond donors (Lipinski definition) is 0. The fourth-order valence-electron chi connectivity index (χ4n) is 1.47. The highest BCUT2D eigenvalue weighted by Crippen LogP contribution is 2.09. The molecule has 17 heavy (non-hydrogen) atoms. The number of ether oxygens (including phenoxy) is 2. The van der Waals surface area contributed by atoms with E-state index in [4.69, 9.17) is 9.47 Å². The zero-order valence-corrected chi connectivity index (χ0v) is 9.82. The molecule has 0 bridgehead atoms. The summed E-state index contributed by atoms with van der Waals surface area (Å²) >= 11 is 0. The van der Waals surface area contributed by atoms with Crippen LogP contribution in [0.15, 0.2) is 49.1 Å². The minimum absolute atomic E-state index is 0.0168. The molecule has 1 unspecified atom stereocenters. The van der Waals surface area contributed by atoms with Crippen molar-refractivity contribution in [1.82, 2.24) is 9.55 Å². The van der Waals surface area contributed by atoms with Gasteiger partial charge in [-0.2, -0.15) is 0 Å². The maximum atomic E-state index is 5.61. The maximum Gasteiger partial charge on any atom is 0.132 e. The van der Waals surface area contributed by atoms with Crippen molar-refractivity contribution in [2.24, 2.45) is 0 Å². The van der Waals surface area contributed by atoms with E-state index in [0.717, 1.165) is 5.75 Å². The number of aromatic nitrogens is 2. The van der Waals surface area contributed by atoms with Crippen LogP contribution in [-0.2, 0) is 4.74 Å². The van der Waals surface area contributed by atoms with Crippen LogP contribution >= 0.6 is 0 Å². The van der Waals surface area contributed by atoms with Crippen LogP contribution in [0.3, 0.4) is 0 Å². The van der Waals surface area contributed by atoms with Gasteiger partial charge < -0.3 is 14.0 Å². The molecule has 2 rings (SSSR count). The van der Waals surface area contributed by atoms with E-state index in [1.807, 2.05) is 48.0 Å². The fraction of sp³-hybridized carbons (Fsp3) is 0.308. The predicted molar refractivity (Wildman–Crippen MR) is 64.8 cm³/mol. The van der Waals surface area contributed by atoms with Crippen LogP contribution in [0.2, 0.25) is 0 Å². The van der Waals surface area contributed by atoms with Crippen molar-refractivity contribution in [3.05, 3.63) is 49.1 Å². The second-order valence-electron chi connectivity index (χ2n) is 3.64. The van der Waals surface area contributed by atoms with Crippen molar-refractivity contribution in [3.8, 4) is 5.75 Å². The van der Waals surface area contributed by atoms with Crippen LogP contribution in [0, 0.1) is 0 Å². The monoisotopic (exact) mass is 232 g/mol.